The fraction of sp³-hybridized carbons (Fsp3) is 0.148. The van der Waals surface area contributed by atoms with Gasteiger partial charge in [0.25, 0.3) is 11.8 Å². The van der Waals surface area contributed by atoms with Gasteiger partial charge in [-0.25, -0.2) is 9.69 Å². The van der Waals surface area contributed by atoms with E-state index in [-0.39, 0.29) is 10.6 Å². The van der Waals surface area contributed by atoms with Crippen molar-refractivity contribution in [3.63, 3.8) is 0 Å². The number of imide groups is 1. The fourth-order valence-corrected chi connectivity index (χ4v) is 4.49. The van der Waals surface area contributed by atoms with Crippen LogP contribution < -0.4 is 15.0 Å². The van der Waals surface area contributed by atoms with Crippen LogP contribution in [0.2, 0.25) is 5.02 Å². The Kier molecular flexibility index (Phi) is 7.97. The third-order valence-corrected chi connectivity index (χ3v) is 6.56. The minimum atomic E-state index is -0.513. The largest absolute Gasteiger partial charge is 0.497 e. The average molecular weight is 523 g/mol. The molecule has 2 amide bonds. The Balaban J connectivity index is 1.66. The number of carbonyl (C=O) groups is 3. The minimum Gasteiger partial charge on any atom is -0.497 e. The van der Waals surface area contributed by atoms with E-state index >= 15 is 0 Å². The molecule has 1 aliphatic rings. The van der Waals surface area contributed by atoms with E-state index in [0.717, 1.165) is 9.80 Å². The average Bonchev–Trinajstić information content (AvgIpc) is 3.12. The van der Waals surface area contributed by atoms with Crippen LogP contribution in [0.5, 0.6) is 5.75 Å². The minimum absolute atomic E-state index is 0.139. The highest BCUT2D eigenvalue weighted by atomic mass is 35.5. The van der Waals surface area contributed by atoms with E-state index in [4.69, 9.17) is 21.1 Å². The number of hydrogen-bond donors (Lipinski definition) is 1. The number of carbonyl (C=O) groups excluding carboxylic acids is 3. The SMILES string of the molecule is CCCOC(=O)c1ccc(N2C(=O)C(Nc3cccc(OC)c3)=C(Sc3ccc(Cl)cc3)C2=O)cc1. The molecule has 36 heavy (non-hydrogen) atoms. The normalized spacial score (nSPS) is 13.2. The maximum Gasteiger partial charge on any atom is 0.338 e. The maximum atomic E-state index is 13.5. The first-order valence-corrected chi connectivity index (χ1v) is 12.4. The number of halogens is 1. The van der Waals surface area contributed by atoms with Gasteiger partial charge in [-0.2, -0.15) is 0 Å². The molecule has 0 bridgehead atoms. The van der Waals surface area contributed by atoms with Gasteiger partial charge in [0.2, 0.25) is 0 Å². The summed E-state index contributed by atoms with van der Waals surface area (Å²) in [6, 6.07) is 20.2. The van der Waals surface area contributed by atoms with Crippen molar-refractivity contribution < 1.29 is 23.9 Å². The summed E-state index contributed by atoms with van der Waals surface area (Å²) in [5, 5.41) is 3.66. The van der Waals surface area contributed by atoms with E-state index in [0.29, 0.717) is 40.7 Å². The van der Waals surface area contributed by atoms with Crippen LogP contribution in [-0.4, -0.2) is 31.5 Å². The van der Waals surface area contributed by atoms with Crippen molar-refractivity contribution in [3.05, 3.63) is 94.0 Å². The molecular formula is C27H23ClN2O5S. The van der Waals surface area contributed by atoms with Crippen molar-refractivity contribution in [3.8, 4) is 5.75 Å². The van der Waals surface area contributed by atoms with Crippen LogP contribution >= 0.6 is 23.4 Å². The third kappa shape index (κ3) is 5.56. The third-order valence-electron chi connectivity index (χ3n) is 5.21. The molecule has 1 heterocycles. The van der Waals surface area contributed by atoms with E-state index in [2.05, 4.69) is 5.32 Å². The summed E-state index contributed by atoms with van der Waals surface area (Å²) in [5.74, 6) is -0.848. The predicted molar refractivity (Wildman–Crippen MR) is 140 cm³/mol. The standard InChI is InChI=1S/C27H23ClN2O5S/c1-3-15-35-27(33)17-7-11-20(12-8-17)30-25(31)23(29-19-5-4-6-21(16-19)34-2)24(26(30)32)36-22-13-9-18(28)10-14-22/h4-14,16,29H,3,15H2,1-2H3. The lowest BCUT2D eigenvalue weighted by molar-refractivity contribution is -0.120. The first-order valence-electron chi connectivity index (χ1n) is 11.2. The molecule has 0 atom stereocenters. The molecule has 9 heteroatoms. The van der Waals surface area contributed by atoms with Crippen molar-refractivity contribution in [2.24, 2.45) is 0 Å². The highest BCUT2D eigenvalue weighted by Crippen LogP contribution is 2.38. The smallest absolute Gasteiger partial charge is 0.338 e. The van der Waals surface area contributed by atoms with Crippen molar-refractivity contribution in [2.75, 3.05) is 23.9 Å². The first-order chi connectivity index (χ1) is 17.4. The van der Waals surface area contributed by atoms with Crippen LogP contribution in [0.3, 0.4) is 0 Å². The number of benzene rings is 3. The van der Waals surface area contributed by atoms with Crippen molar-refractivity contribution >= 4 is 52.5 Å². The van der Waals surface area contributed by atoms with Crippen LogP contribution in [0, 0.1) is 0 Å². The second-order valence-corrected chi connectivity index (χ2v) is 9.27. The number of rotatable bonds is 9. The summed E-state index contributed by atoms with van der Waals surface area (Å²) in [4.78, 5) is 41.2. The van der Waals surface area contributed by atoms with Gasteiger partial charge in [-0.1, -0.05) is 36.4 Å². The zero-order valence-corrected chi connectivity index (χ0v) is 21.2. The topological polar surface area (TPSA) is 84.9 Å². The number of anilines is 2. The Morgan fingerprint density at radius 3 is 2.39 bits per heavy atom. The van der Waals surface area contributed by atoms with Gasteiger partial charge in [0.05, 0.1) is 25.0 Å². The molecule has 0 saturated carbocycles. The van der Waals surface area contributed by atoms with Gasteiger partial charge in [-0.15, -0.1) is 0 Å². The number of nitrogens with zero attached hydrogens (tertiary/aromatic N) is 1. The Labute approximate surface area is 218 Å². The molecule has 7 nitrogen and oxygen atoms in total. The highest BCUT2D eigenvalue weighted by molar-refractivity contribution is 8.04. The summed E-state index contributed by atoms with van der Waals surface area (Å²) < 4.78 is 10.4. The molecule has 0 aromatic heterocycles. The van der Waals surface area contributed by atoms with Gasteiger partial charge >= 0.3 is 5.97 Å². The summed E-state index contributed by atoms with van der Waals surface area (Å²) in [6.07, 6.45) is 0.712. The van der Waals surface area contributed by atoms with E-state index in [9.17, 15) is 14.4 Å². The molecule has 0 saturated heterocycles. The van der Waals surface area contributed by atoms with Crippen LogP contribution in [0.1, 0.15) is 23.7 Å². The van der Waals surface area contributed by atoms with Gasteiger partial charge in [0.15, 0.2) is 0 Å². The molecule has 3 aromatic carbocycles. The molecule has 0 radical (unpaired) electrons. The van der Waals surface area contributed by atoms with Crippen LogP contribution in [0.15, 0.2) is 88.3 Å². The zero-order valence-electron chi connectivity index (χ0n) is 19.6. The lowest BCUT2D eigenvalue weighted by Gasteiger charge is -2.16. The van der Waals surface area contributed by atoms with Crippen molar-refractivity contribution in [2.45, 2.75) is 18.2 Å². The summed E-state index contributed by atoms with van der Waals surface area (Å²) in [5.41, 5.74) is 1.41. The van der Waals surface area contributed by atoms with E-state index in [1.807, 2.05) is 6.92 Å². The Morgan fingerprint density at radius 1 is 1.00 bits per heavy atom. The predicted octanol–water partition coefficient (Wildman–Crippen LogP) is 5.90. The lowest BCUT2D eigenvalue weighted by Crippen LogP contribution is -2.32. The number of hydrogen-bond acceptors (Lipinski definition) is 7. The van der Waals surface area contributed by atoms with Gasteiger partial charge in [-0.05, 0) is 67.1 Å². The van der Waals surface area contributed by atoms with E-state index < -0.39 is 17.8 Å². The molecule has 0 unspecified atom stereocenters. The van der Waals surface area contributed by atoms with Crippen molar-refractivity contribution in [1.82, 2.24) is 0 Å². The zero-order chi connectivity index (χ0) is 25.7. The second kappa shape index (κ2) is 11.3. The highest BCUT2D eigenvalue weighted by Gasteiger charge is 2.40. The Bertz CT molecular complexity index is 1320. The first kappa shape index (κ1) is 25.3. The molecule has 0 aliphatic carbocycles. The van der Waals surface area contributed by atoms with Gasteiger partial charge < -0.3 is 14.8 Å². The van der Waals surface area contributed by atoms with Gasteiger partial charge in [-0.3, -0.25) is 9.59 Å². The number of nitrogens with one attached hydrogen (secondary N) is 1. The molecule has 4 rings (SSSR count). The number of methoxy groups -OCH3 is 1. The summed E-state index contributed by atoms with van der Waals surface area (Å²) in [6.45, 7) is 2.23. The van der Waals surface area contributed by atoms with Crippen LogP contribution in [0.25, 0.3) is 0 Å². The van der Waals surface area contributed by atoms with E-state index in [1.165, 1.54) is 23.9 Å². The number of amides is 2. The number of thioether (sulfide) groups is 1. The maximum absolute atomic E-state index is 13.5. The van der Waals surface area contributed by atoms with Crippen LogP contribution in [-0.2, 0) is 14.3 Å². The molecule has 184 valence electrons. The van der Waals surface area contributed by atoms with Crippen LogP contribution in [0.4, 0.5) is 11.4 Å². The summed E-state index contributed by atoms with van der Waals surface area (Å²) in [7, 11) is 1.55. The number of ether oxygens (including phenoxy) is 2. The molecule has 1 N–H and O–H groups in total. The monoisotopic (exact) mass is 522 g/mol. The molecule has 3 aromatic rings. The lowest BCUT2D eigenvalue weighted by atomic mass is 10.2. The molecule has 0 spiro atoms. The quantitative estimate of drug-likeness (QED) is 0.276. The molecule has 0 fully saturated rings. The second-order valence-electron chi connectivity index (χ2n) is 7.75. The van der Waals surface area contributed by atoms with Crippen molar-refractivity contribution in [1.29, 1.82) is 0 Å². The molecular weight excluding hydrogens is 500 g/mol. The van der Waals surface area contributed by atoms with Gasteiger partial charge in [0, 0.05) is 21.7 Å². The van der Waals surface area contributed by atoms with E-state index in [1.54, 1.807) is 67.8 Å². The number of esters is 1. The fourth-order valence-electron chi connectivity index (χ4n) is 3.44. The Hall–Kier alpha value is -3.75. The summed E-state index contributed by atoms with van der Waals surface area (Å²) >= 11 is 7.17. The Morgan fingerprint density at radius 2 is 1.72 bits per heavy atom. The van der Waals surface area contributed by atoms with Gasteiger partial charge in [0.1, 0.15) is 16.4 Å². The molecule has 1 aliphatic heterocycles.